The van der Waals surface area contributed by atoms with E-state index in [1.165, 1.54) is 6.20 Å². The molecule has 8 heteroatoms. The molecule has 1 aliphatic carbocycles. The quantitative estimate of drug-likeness (QED) is 0.522. The Hall–Kier alpha value is -3.55. The number of benzene rings is 1. The smallest absolute Gasteiger partial charge is 0.407 e. The minimum absolute atomic E-state index is 0.0243. The van der Waals surface area contributed by atoms with Gasteiger partial charge in [0.15, 0.2) is 0 Å². The van der Waals surface area contributed by atoms with E-state index in [0.717, 1.165) is 29.5 Å². The Bertz CT molecular complexity index is 1190. The molecule has 33 heavy (non-hydrogen) atoms. The topological polar surface area (TPSA) is 111 Å². The number of primary amides is 1. The fourth-order valence-electron chi connectivity index (χ4n) is 4.73. The maximum absolute atomic E-state index is 12.3. The molecule has 0 saturated heterocycles. The highest BCUT2D eigenvalue weighted by Gasteiger charge is 2.53. The molecule has 0 unspecified atom stereocenters. The van der Waals surface area contributed by atoms with Crippen molar-refractivity contribution in [2.75, 3.05) is 11.9 Å². The van der Waals surface area contributed by atoms with Gasteiger partial charge in [0.05, 0.1) is 29.6 Å². The van der Waals surface area contributed by atoms with Crippen LogP contribution >= 0.6 is 0 Å². The Labute approximate surface area is 193 Å². The van der Waals surface area contributed by atoms with Crippen LogP contribution in [-0.4, -0.2) is 39.8 Å². The number of anilines is 1. The van der Waals surface area contributed by atoms with Gasteiger partial charge >= 0.3 is 6.09 Å². The van der Waals surface area contributed by atoms with Crippen molar-refractivity contribution in [2.45, 2.75) is 52.1 Å². The molecule has 4 N–H and O–H groups in total. The molecule has 174 valence electrons. The summed E-state index contributed by atoms with van der Waals surface area (Å²) in [5.41, 5.74) is 8.70. The monoisotopic (exact) mass is 449 g/mol. The second kappa shape index (κ2) is 8.42. The highest BCUT2D eigenvalue weighted by molar-refractivity contribution is 6.02. The number of carbonyl (C=O) groups excluding carboxylic acids is 2. The van der Waals surface area contributed by atoms with Gasteiger partial charge in [-0.2, -0.15) is 5.10 Å². The number of alkyl carbamates (subject to hydrolysis) is 1. The molecule has 3 aromatic rings. The highest BCUT2D eigenvalue weighted by Crippen LogP contribution is 2.47. The fraction of sp³-hybridized carbons (Fsp3) is 0.400. The molecule has 1 aromatic carbocycles. The molecule has 0 bridgehead atoms. The molecule has 0 radical (unpaired) electrons. The third kappa shape index (κ3) is 4.01. The van der Waals surface area contributed by atoms with Gasteiger partial charge in [0.2, 0.25) is 0 Å². The van der Waals surface area contributed by atoms with Crippen LogP contribution in [0.25, 0.3) is 16.6 Å². The SMILES string of the molecule is CCOC(=O)N[C@@]1(C)CC[C@@H](Nc2c(C(N)=O)cnn3cc(-c4ccccc4)cc23)C1(C)C. The van der Waals surface area contributed by atoms with Crippen LogP contribution < -0.4 is 16.4 Å². The van der Waals surface area contributed by atoms with Gasteiger partial charge in [0.1, 0.15) is 0 Å². The lowest BCUT2D eigenvalue weighted by Gasteiger charge is -2.42. The van der Waals surface area contributed by atoms with Crippen LogP contribution in [0, 0.1) is 5.41 Å². The molecule has 2 atom stereocenters. The number of amides is 2. The number of nitrogens with zero attached hydrogens (tertiary/aromatic N) is 2. The van der Waals surface area contributed by atoms with Crippen molar-refractivity contribution in [1.82, 2.24) is 14.9 Å². The average molecular weight is 450 g/mol. The Morgan fingerprint density at radius 1 is 1.21 bits per heavy atom. The van der Waals surface area contributed by atoms with Gasteiger partial charge in [-0.25, -0.2) is 9.31 Å². The second-order valence-corrected chi connectivity index (χ2v) is 9.36. The summed E-state index contributed by atoms with van der Waals surface area (Å²) < 4.78 is 6.88. The summed E-state index contributed by atoms with van der Waals surface area (Å²) in [5.74, 6) is -0.543. The molecule has 0 aliphatic heterocycles. The first-order valence-electron chi connectivity index (χ1n) is 11.2. The lowest BCUT2D eigenvalue weighted by molar-refractivity contribution is 0.100. The molecule has 2 heterocycles. The number of nitrogens with one attached hydrogen (secondary N) is 2. The van der Waals surface area contributed by atoms with Crippen molar-refractivity contribution < 1.29 is 14.3 Å². The van der Waals surface area contributed by atoms with E-state index in [1.807, 2.05) is 49.5 Å². The zero-order valence-corrected chi connectivity index (χ0v) is 19.5. The van der Waals surface area contributed by atoms with Crippen LogP contribution in [0.2, 0.25) is 0 Å². The van der Waals surface area contributed by atoms with Gasteiger partial charge in [-0.05, 0) is 38.3 Å². The number of rotatable bonds is 6. The number of aromatic nitrogens is 2. The zero-order valence-electron chi connectivity index (χ0n) is 19.5. The minimum atomic E-state index is -0.543. The largest absolute Gasteiger partial charge is 0.450 e. The van der Waals surface area contributed by atoms with Gasteiger partial charge in [-0.3, -0.25) is 4.79 Å². The minimum Gasteiger partial charge on any atom is -0.450 e. The summed E-state index contributed by atoms with van der Waals surface area (Å²) in [6.07, 6.45) is 4.59. The van der Waals surface area contributed by atoms with E-state index in [2.05, 4.69) is 29.6 Å². The second-order valence-electron chi connectivity index (χ2n) is 9.36. The van der Waals surface area contributed by atoms with Crippen molar-refractivity contribution in [2.24, 2.45) is 11.1 Å². The summed E-state index contributed by atoms with van der Waals surface area (Å²) in [4.78, 5) is 24.5. The Morgan fingerprint density at radius 3 is 2.61 bits per heavy atom. The number of nitrogens with two attached hydrogens (primary N) is 1. The number of carbonyl (C=O) groups is 2. The molecule has 1 saturated carbocycles. The van der Waals surface area contributed by atoms with Crippen LogP contribution in [0.1, 0.15) is 50.9 Å². The predicted molar refractivity (Wildman–Crippen MR) is 128 cm³/mol. The Balaban J connectivity index is 1.72. The van der Waals surface area contributed by atoms with E-state index >= 15 is 0 Å². The maximum atomic E-state index is 12.3. The number of ether oxygens (including phenoxy) is 1. The Kier molecular flexibility index (Phi) is 5.78. The summed E-state index contributed by atoms with van der Waals surface area (Å²) >= 11 is 0. The summed E-state index contributed by atoms with van der Waals surface area (Å²) in [5, 5.41) is 11.1. The first-order valence-corrected chi connectivity index (χ1v) is 11.2. The van der Waals surface area contributed by atoms with Crippen molar-refractivity contribution in [3.8, 4) is 11.1 Å². The molecule has 1 fully saturated rings. The first-order chi connectivity index (χ1) is 15.7. The molecular formula is C25H31N5O3. The van der Waals surface area contributed by atoms with Gasteiger partial charge in [-0.1, -0.05) is 44.2 Å². The van der Waals surface area contributed by atoms with Crippen LogP contribution in [-0.2, 0) is 4.74 Å². The van der Waals surface area contributed by atoms with Gasteiger partial charge in [-0.15, -0.1) is 0 Å². The molecule has 2 aromatic heterocycles. The predicted octanol–water partition coefficient (Wildman–Crippen LogP) is 4.21. The van der Waals surface area contributed by atoms with Crippen molar-refractivity contribution in [1.29, 1.82) is 0 Å². The van der Waals surface area contributed by atoms with E-state index < -0.39 is 17.5 Å². The van der Waals surface area contributed by atoms with Crippen molar-refractivity contribution in [3.63, 3.8) is 0 Å². The molecular weight excluding hydrogens is 418 g/mol. The van der Waals surface area contributed by atoms with Crippen LogP contribution in [0.4, 0.5) is 10.5 Å². The first kappa shape index (κ1) is 22.6. The molecule has 2 amide bonds. The normalized spacial score (nSPS) is 21.6. The van der Waals surface area contributed by atoms with E-state index in [4.69, 9.17) is 10.5 Å². The van der Waals surface area contributed by atoms with E-state index in [0.29, 0.717) is 17.9 Å². The van der Waals surface area contributed by atoms with Crippen molar-refractivity contribution >= 4 is 23.2 Å². The third-order valence-electron chi connectivity index (χ3n) is 7.21. The van der Waals surface area contributed by atoms with Crippen LogP contribution in [0.15, 0.2) is 48.8 Å². The standard InChI is InChI=1S/C25H31N5O3/c1-5-33-23(32)29-25(4)12-11-20(24(25,2)3)28-21-18(22(26)31)14-27-30-15-17(13-19(21)30)16-9-7-6-8-10-16/h6-10,13-15,20,28H,5,11-12H2,1-4H3,(H2,26,31)(H,29,32)/t20-,25+/m1/s1. The summed E-state index contributed by atoms with van der Waals surface area (Å²) in [7, 11) is 0. The van der Waals surface area contributed by atoms with Gasteiger partial charge < -0.3 is 21.1 Å². The van der Waals surface area contributed by atoms with Crippen LogP contribution in [0.5, 0.6) is 0 Å². The number of fused-ring (bicyclic) bond motifs is 1. The lowest BCUT2D eigenvalue weighted by atomic mass is 9.74. The average Bonchev–Trinajstić information content (AvgIpc) is 3.29. The maximum Gasteiger partial charge on any atom is 0.407 e. The summed E-state index contributed by atoms with van der Waals surface area (Å²) in [6, 6.07) is 12.0. The van der Waals surface area contributed by atoms with Gasteiger partial charge in [0.25, 0.3) is 5.91 Å². The molecule has 1 aliphatic rings. The molecule has 8 nitrogen and oxygen atoms in total. The summed E-state index contributed by atoms with van der Waals surface area (Å²) in [6.45, 7) is 8.36. The Morgan fingerprint density at radius 2 is 1.94 bits per heavy atom. The van der Waals surface area contributed by atoms with E-state index in [-0.39, 0.29) is 11.5 Å². The lowest BCUT2D eigenvalue weighted by Crippen LogP contribution is -2.56. The highest BCUT2D eigenvalue weighted by atomic mass is 16.5. The van der Waals surface area contributed by atoms with Gasteiger partial charge in [0, 0.05) is 28.8 Å². The van der Waals surface area contributed by atoms with E-state index in [9.17, 15) is 9.59 Å². The van der Waals surface area contributed by atoms with E-state index in [1.54, 1.807) is 11.4 Å². The van der Waals surface area contributed by atoms with Crippen LogP contribution in [0.3, 0.4) is 0 Å². The molecule has 0 spiro atoms. The van der Waals surface area contributed by atoms with Crippen molar-refractivity contribution in [3.05, 3.63) is 54.4 Å². The number of hydrogen-bond donors (Lipinski definition) is 3. The molecule has 4 rings (SSSR count). The zero-order chi connectivity index (χ0) is 23.8. The fourth-order valence-corrected chi connectivity index (χ4v) is 4.73. The number of hydrogen-bond acceptors (Lipinski definition) is 5. The third-order valence-corrected chi connectivity index (χ3v) is 7.21.